The molecule has 0 atom stereocenters. The van der Waals surface area contributed by atoms with E-state index in [1.807, 2.05) is 55.5 Å². The van der Waals surface area contributed by atoms with Crippen molar-refractivity contribution in [1.82, 2.24) is 5.32 Å². The predicted octanol–water partition coefficient (Wildman–Crippen LogP) is 3.54. The summed E-state index contributed by atoms with van der Waals surface area (Å²) in [5.41, 5.74) is 0.989. The van der Waals surface area contributed by atoms with Gasteiger partial charge in [-0.2, -0.15) is 0 Å². The fraction of sp³-hybridized carbons (Fsp3) is 0.235. The maximum atomic E-state index is 11.8. The Labute approximate surface area is 138 Å². The maximum Gasteiger partial charge on any atom is 0.258 e. The summed E-state index contributed by atoms with van der Waals surface area (Å²) in [5, 5.41) is 2.82. The molecule has 0 aliphatic carbocycles. The van der Waals surface area contributed by atoms with E-state index in [1.54, 1.807) is 0 Å². The van der Waals surface area contributed by atoms with Crippen LogP contribution in [-0.4, -0.2) is 19.1 Å². The third-order valence-corrected chi connectivity index (χ3v) is 3.41. The molecule has 0 saturated carbocycles. The molecule has 0 unspecified atom stereocenters. The molecule has 0 fully saturated rings. The summed E-state index contributed by atoms with van der Waals surface area (Å²) in [6.45, 7) is 3.00. The van der Waals surface area contributed by atoms with Gasteiger partial charge in [-0.3, -0.25) is 4.79 Å². The molecule has 0 bridgehead atoms. The zero-order valence-corrected chi connectivity index (χ0v) is 13.9. The first-order chi connectivity index (χ1) is 10.7. The van der Waals surface area contributed by atoms with Crippen molar-refractivity contribution in [3.63, 3.8) is 0 Å². The Bertz CT molecular complexity index is 614. The van der Waals surface area contributed by atoms with Crippen LogP contribution >= 0.6 is 15.9 Å². The van der Waals surface area contributed by atoms with Gasteiger partial charge in [-0.25, -0.2) is 0 Å². The van der Waals surface area contributed by atoms with Crippen molar-refractivity contribution in [2.75, 3.05) is 13.2 Å². The lowest BCUT2D eigenvalue weighted by molar-refractivity contribution is -0.123. The van der Waals surface area contributed by atoms with Crippen LogP contribution in [0.4, 0.5) is 0 Å². The van der Waals surface area contributed by atoms with Crippen molar-refractivity contribution < 1.29 is 14.3 Å². The Balaban J connectivity index is 1.77. The van der Waals surface area contributed by atoms with E-state index in [9.17, 15) is 4.79 Å². The van der Waals surface area contributed by atoms with Gasteiger partial charge in [0.1, 0.15) is 11.5 Å². The van der Waals surface area contributed by atoms with Gasteiger partial charge in [0.25, 0.3) is 5.91 Å². The quantitative estimate of drug-likeness (QED) is 0.818. The molecule has 0 spiro atoms. The highest BCUT2D eigenvalue weighted by molar-refractivity contribution is 9.10. The summed E-state index contributed by atoms with van der Waals surface area (Å²) in [6.07, 6.45) is 0. The van der Waals surface area contributed by atoms with Gasteiger partial charge in [0, 0.05) is 11.0 Å². The number of benzene rings is 2. The lowest BCUT2D eigenvalue weighted by Gasteiger charge is -2.09. The molecule has 2 aromatic rings. The van der Waals surface area contributed by atoms with Crippen LogP contribution in [0.2, 0.25) is 0 Å². The van der Waals surface area contributed by atoms with Crippen LogP contribution in [0.25, 0.3) is 0 Å². The Morgan fingerprint density at radius 1 is 1.09 bits per heavy atom. The summed E-state index contributed by atoms with van der Waals surface area (Å²) in [7, 11) is 0. The minimum atomic E-state index is -0.162. The summed E-state index contributed by atoms with van der Waals surface area (Å²) >= 11 is 3.35. The zero-order chi connectivity index (χ0) is 15.8. The average molecular weight is 364 g/mol. The second-order valence-electron chi connectivity index (χ2n) is 4.60. The smallest absolute Gasteiger partial charge is 0.258 e. The van der Waals surface area contributed by atoms with Gasteiger partial charge in [-0.15, -0.1) is 0 Å². The summed E-state index contributed by atoms with van der Waals surface area (Å²) in [5.74, 6) is 1.31. The molecule has 1 amide bonds. The van der Waals surface area contributed by atoms with Crippen LogP contribution in [0.5, 0.6) is 11.5 Å². The first-order valence-corrected chi connectivity index (χ1v) is 7.83. The number of amides is 1. The molecule has 0 saturated heterocycles. The Morgan fingerprint density at radius 2 is 1.86 bits per heavy atom. The number of nitrogens with one attached hydrogen (secondary N) is 1. The van der Waals surface area contributed by atoms with Crippen LogP contribution in [0.3, 0.4) is 0 Å². The fourth-order valence-corrected chi connectivity index (χ4v) is 2.11. The molecule has 5 heteroatoms. The third kappa shape index (κ3) is 5.41. The average Bonchev–Trinajstić information content (AvgIpc) is 2.53. The second kappa shape index (κ2) is 8.44. The normalized spacial score (nSPS) is 10.1. The molecule has 22 heavy (non-hydrogen) atoms. The van der Waals surface area contributed by atoms with Crippen LogP contribution in [0.15, 0.2) is 53.0 Å². The Kier molecular flexibility index (Phi) is 6.27. The highest BCUT2D eigenvalue weighted by Gasteiger charge is 2.03. The van der Waals surface area contributed by atoms with Gasteiger partial charge in [0.15, 0.2) is 6.61 Å². The standard InChI is InChI=1S/C17H18BrNO3/c1-2-21-16-5-3-4-13(10-16)11-19-17(20)12-22-15-8-6-14(18)7-9-15/h3-10H,2,11-12H2,1H3,(H,19,20). The minimum absolute atomic E-state index is 0.00716. The van der Waals surface area contributed by atoms with Gasteiger partial charge in [-0.05, 0) is 48.9 Å². The van der Waals surface area contributed by atoms with E-state index in [-0.39, 0.29) is 12.5 Å². The molecule has 1 N–H and O–H groups in total. The number of hydrogen-bond acceptors (Lipinski definition) is 3. The molecule has 2 rings (SSSR count). The number of ether oxygens (including phenoxy) is 2. The van der Waals surface area contributed by atoms with E-state index >= 15 is 0 Å². The zero-order valence-electron chi connectivity index (χ0n) is 12.3. The molecule has 116 valence electrons. The molecule has 0 heterocycles. The SMILES string of the molecule is CCOc1cccc(CNC(=O)COc2ccc(Br)cc2)c1. The number of carbonyl (C=O) groups excluding carboxylic acids is 1. The fourth-order valence-electron chi connectivity index (χ4n) is 1.84. The molecule has 0 aromatic heterocycles. The van der Waals surface area contributed by atoms with Gasteiger partial charge < -0.3 is 14.8 Å². The Hall–Kier alpha value is -2.01. The molecule has 0 radical (unpaired) electrons. The minimum Gasteiger partial charge on any atom is -0.494 e. The lowest BCUT2D eigenvalue weighted by atomic mass is 10.2. The van der Waals surface area contributed by atoms with Crippen molar-refractivity contribution in [3.8, 4) is 11.5 Å². The van der Waals surface area contributed by atoms with Gasteiger partial charge in [-0.1, -0.05) is 28.1 Å². The Morgan fingerprint density at radius 3 is 2.59 bits per heavy atom. The molecule has 4 nitrogen and oxygen atoms in total. The molecular weight excluding hydrogens is 346 g/mol. The van der Waals surface area contributed by atoms with Crippen LogP contribution in [0.1, 0.15) is 12.5 Å². The van der Waals surface area contributed by atoms with E-state index in [2.05, 4.69) is 21.2 Å². The van der Waals surface area contributed by atoms with Crippen molar-refractivity contribution >= 4 is 21.8 Å². The van der Waals surface area contributed by atoms with Gasteiger partial charge in [0.2, 0.25) is 0 Å². The number of carbonyl (C=O) groups is 1. The largest absolute Gasteiger partial charge is 0.494 e. The second-order valence-corrected chi connectivity index (χ2v) is 5.52. The van der Waals surface area contributed by atoms with Crippen LogP contribution in [-0.2, 0) is 11.3 Å². The van der Waals surface area contributed by atoms with E-state index in [0.29, 0.717) is 18.9 Å². The number of hydrogen-bond donors (Lipinski definition) is 1. The molecule has 2 aromatic carbocycles. The third-order valence-electron chi connectivity index (χ3n) is 2.88. The van der Waals surface area contributed by atoms with Crippen LogP contribution < -0.4 is 14.8 Å². The molecule has 0 aliphatic rings. The van der Waals surface area contributed by atoms with Crippen molar-refractivity contribution in [2.45, 2.75) is 13.5 Å². The van der Waals surface area contributed by atoms with E-state index in [4.69, 9.17) is 9.47 Å². The first-order valence-electron chi connectivity index (χ1n) is 7.04. The maximum absolute atomic E-state index is 11.8. The number of halogens is 1. The lowest BCUT2D eigenvalue weighted by Crippen LogP contribution is -2.28. The summed E-state index contributed by atoms with van der Waals surface area (Å²) in [4.78, 5) is 11.8. The predicted molar refractivity (Wildman–Crippen MR) is 89.1 cm³/mol. The highest BCUT2D eigenvalue weighted by Crippen LogP contribution is 2.16. The van der Waals surface area contributed by atoms with E-state index in [1.165, 1.54) is 0 Å². The monoisotopic (exact) mass is 363 g/mol. The van der Waals surface area contributed by atoms with Crippen molar-refractivity contribution in [2.24, 2.45) is 0 Å². The number of rotatable bonds is 7. The van der Waals surface area contributed by atoms with Gasteiger partial charge in [0.05, 0.1) is 6.61 Å². The molecular formula is C17H18BrNO3. The summed E-state index contributed by atoms with van der Waals surface area (Å²) in [6, 6.07) is 15.0. The van der Waals surface area contributed by atoms with Crippen molar-refractivity contribution in [1.29, 1.82) is 0 Å². The van der Waals surface area contributed by atoms with Crippen molar-refractivity contribution in [3.05, 3.63) is 58.6 Å². The summed E-state index contributed by atoms with van der Waals surface area (Å²) < 4.78 is 11.8. The highest BCUT2D eigenvalue weighted by atomic mass is 79.9. The van der Waals surface area contributed by atoms with E-state index in [0.717, 1.165) is 15.8 Å². The van der Waals surface area contributed by atoms with E-state index < -0.39 is 0 Å². The first kappa shape index (κ1) is 16.4. The van der Waals surface area contributed by atoms with Gasteiger partial charge >= 0.3 is 0 Å². The topological polar surface area (TPSA) is 47.6 Å². The molecule has 0 aliphatic heterocycles. The van der Waals surface area contributed by atoms with Crippen LogP contribution in [0, 0.1) is 0 Å².